The van der Waals surface area contributed by atoms with Gasteiger partial charge in [-0.15, -0.1) is 0 Å². The maximum Gasteiger partial charge on any atom is 0.338 e. The monoisotopic (exact) mass is 465 g/mol. The molecule has 0 N–H and O–H groups in total. The van der Waals surface area contributed by atoms with Crippen molar-refractivity contribution in [2.45, 2.75) is 32.6 Å². The van der Waals surface area contributed by atoms with Gasteiger partial charge in [-0.25, -0.2) is 17.2 Å². The van der Waals surface area contributed by atoms with Crippen molar-refractivity contribution in [1.29, 1.82) is 0 Å². The Hall–Kier alpha value is -3.65. The number of nitrogens with zero attached hydrogens (tertiary/aromatic N) is 1. The normalized spacial score (nSPS) is 11.6. The molecule has 4 aromatic rings. The number of aromatic nitrogens is 1. The molecule has 8 heteroatoms. The van der Waals surface area contributed by atoms with Crippen molar-refractivity contribution < 1.29 is 27.5 Å². The van der Waals surface area contributed by atoms with Gasteiger partial charge in [-0.05, 0) is 57.2 Å². The number of esters is 2. The van der Waals surface area contributed by atoms with Crippen molar-refractivity contribution in [3.05, 3.63) is 71.3 Å². The molecule has 7 nitrogen and oxygen atoms in total. The average Bonchev–Trinajstić information content (AvgIpc) is 3.08. The molecule has 0 aliphatic rings. The zero-order valence-electron chi connectivity index (χ0n) is 18.7. The number of carbonyl (C=O) groups is 2. The highest BCUT2D eigenvalue weighted by Gasteiger charge is 2.27. The topological polar surface area (TPSA) is 91.7 Å². The highest BCUT2D eigenvalue weighted by molar-refractivity contribution is 7.90. The van der Waals surface area contributed by atoms with E-state index >= 15 is 0 Å². The van der Waals surface area contributed by atoms with Crippen LogP contribution in [0.25, 0.3) is 21.8 Å². The van der Waals surface area contributed by atoms with Crippen LogP contribution in [0.2, 0.25) is 0 Å². The molecule has 0 radical (unpaired) electrons. The van der Waals surface area contributed by atoms with Crippen LogP contribution in [-0.4, -0.2) is 30.9 Å². The molecule has 0 amide bonds. The van der Waals surface area contributed by atoms with Crippen LogP contribution in [0.4, 0.5) is 0 Å². The van der Waals surface area contributed by atoms with Crippen molar-refractivity contribution in [2.75, 3.05) is 6.61 Å². The highest BCUT2D eigenvalue weighted by Crippen LogP contribution is 2.39. The number of hydrogen-bond donors (Lipinski definition) is 0. The second-order valence-electron chi connectivity index (χ2n) is 7.79. The minimum absolute atomic E-state index is 0.0838. The molecule has 33 heavy (non-hydrogen) atoms. The Kier molecular flexibility index (Phi) is 5.71. The molecule has 0 bridgehead atoms. The Balaban J connectivity index is 2.16. The first-order chi connectivity index (χ1) is 15.6. The maximum atomic E-state index is 13.8. The van der Waals surface area contributed by atoms with Crippen LogP contribution in [-0.2, 0) is 19.6 Å². The molecule has 0 saturated heterocycles. The van der Waals surface area contributed by atoms with Crippen molar-refractivity contribution >= 4 is 43.8 Å². The van der Waals surface area contributed by atoms with Crippen molar-refractivity contribution in [3.8, 4) is 5.75 Å². The SMILES string of the molecule is CCOC(=O)c1cc(OC(C)=O)c2c3cc(C)ccc3n(S(=O)(=O)c3ccc(C)cc3)c2c1. The van der Waals surface area contributed by atoms with E-state index in [-0.39, 0.29) is 28.3 Å². The molecular weight excluding hydrogens is 442 g/mol. The summed E-state index contributed by atoms with van der Waals surface area (Å²) in [4.78, 5) is 24.5. The van der Waals surface area contributed by atoms with Crippen LogP contribution in [0.1, 0.15) is 35.3 Å². The molecule has 0 saturated carbocycles. The van der Waals surface area contributed by atoms with Crippen molar-refractivity contribution in [3.63, 3.8) is 0 Å². The number of benzene rings is 3. The minimum Gasteiger partial charge on any atom is -0.462 e. The molecule has 170 valence electrons. The molecule has 0 fully saturated rings. The predicted octanol–water partition coefficient (Wildman–Crippen LogP) is 4.75. The van der Waals surface area contributed by atoms with E-state index < -0.39 is 22.0 Å². The zero-order valence-corrected chi connectivity index (χ0v) is 19.5. The second-order valence-corrected chi connectivity index (χ2v) is 9.57. The van der Waals surface area contributed by atoms with Gasteiger partial charge in [0, 0.05) is 12.3 Å². The first-order valence-corrected chi connectivity index (χ1v) is 11.8. The van der Waals surface area contributed by atoms with E-state index in [1.165, 1.54) is 23.0 Å². The number of carbonyl (C=O) groups excluding carboxylic acids is 2. The lowest BCUT2D eigenvalue weighted by Crippen LogP contribution is -2.13. The Bertz CT molecular complexity index is 1510. The van der Waals surface area contributed by atoms with E-state index in [1.54, 1.807) is 43.3 Å². The third kappa shape index (κ3) is 3.98. The van der Waals surface area contributed by atoms with Gasteiger partial charge in [0.25, 0.3) is 10.0 Å². The summed E-state index contributed by atoms with van der Waals surface area (Å²) in [5.74, 6) is -1.14. The molecule has 4 rings (SSSR count). The third-order valence-electron chi connectivity index (χ3n) is 5.26. The largest absolute Gasteiger partial charge is 0.462 e. The van der Waals surface area contributed by atoms with E-state index in [0.717, 1.165) is 11.1 Å². The fourth-order valence-corrected chi connectivity index (χ4v) is 5.34. The number of hydrogen-bond acceptors (Lipinski definition) is 6. The summed E-state index contributed by atoms with van der Waals surface area (Å²) in [7, 11) is -4.05. The van der Waals surface area contributed by atoms with Gasteiger partial charge in [0.15, 0.2) is 0 Å². The molecular formula is C25H23NO6S. The molecule has 0 atom stereocenters. The number of fused-ring (bicyclic) bond motifs is 3. The number of ether oxygens (including phenoxy) is 2. The van der Waals surface area contributed by atoms with Gasteiger partial charge in [-0.3, -0.25) is 4.79 Å². The standard InChI is InChI=1S/C25H23NO6S/c1-5-31-25(28)18-13-22-24(23(14-18)32-17(4)27)20-12-16(3)8-11-21(20)26(22)33(29,30)19-9-6-15(2)7-10-19/h6-14H,5H2,1-4H3. The van der Waals surface area contributed by atoms with Gasteiger partial charge in [0.2, 0.25) is 0 Å². The third-order valence-corrected chi connectivity index (χ3v) is 7.01. The summed E-state index contributed by atoms with van der Waals surface area (Å²) >= 11 is 0. The van der Waals surface area contributed by atoms with Gasteiger partial charge in [0.1, 0.15) is 5.75 Å². The lowest BCUT2D eigenvalue weighted by molar-refractivity contribution is -0.131. The maximum absolute atomic E-state index is 13.8. The van der Waals surface area contributed by atoms with E-state index in [0.29, 0.717) is 16.3 Å². The smallest absolute Gasteiger partial charge is 0.338 e. The first-order valence-electron chi connectivity index (χ1n) is 10.4. The van der Waals surface area contributed by atoms with E-state index in [4.69, 9.17) is 9.47 Å². The molecule has 3 aromatic carbocycles. The van der Waals surface area contributed by atoms with E-state index in [1.807, 2.05) is 19.9 Å². The van der Waals surface area contributed by atoms with E-state index in [9.17, 15) is 18.0 Å². The second kappa shape index (κ2) is 8.37. The Morgan fingerprint density at radius 2 is 1.58 bits per heavy atom. The summed E-state index contributed by atoms with van der Waals surface area (Å²) in [5.41, 5.74) is 2.54. The quantitative estimate of drug-likeness (QED) is 0.312. The van der Waals surface area contributed by atoms with Crippen molar-refractivity contribution in [1.82, 2.24) is 3.97 Å². The summed E-state index contributed by atoms with van der Waals surface area (Å²) in [6, 6.07) is 14.7. The summed E-state index contributed by atoms with van der Waals surface area (Å²) < 4.78 is 39.3. The van der Waals surface area contributed by atoms with Gasteiger partial charge >= 0.3 is 11.9 Å². The fourth-order valence-electron chi connectivity index (χ4n) is 3.83. The molecule has 0 spiro atoms. The highest BCUT2D eigenvalue weighted by atomic mass is 32.2. The molecule has 1 heterocycles. The summed E-state index contributed by atoms with van der Waals surface area (Å²) in [6.07, 6.45) is 0. The average molecular weight is 466 g/mol. The van der Waals surface area contributed by atoms with Crippen LogP contribution in [0, 0.1) is 13.8 Å². The summed E-state index contributed by atoms with van der Waals surface area (Å²) in [6.45, 7) is 6.82. The molecule has 0 unspecified atom stereocenters. The lowest BCUT2D eigenvalue weighted by Gasteiger charge is -2.11. The fraction of sp³-hybridized carbons (Fsp3) is 0.200. The first kappa shape index (κ1) is 22.5. The molecule has 1 aromatic heterocycles. The van der Waals surface area contributed by atoms with Crippen LogP contribution < -0.4 is 4.74 Å². The Morgan fingerprint density at radius 3 is 2.21 bits per heavy atom. The van der Waals surface area contributed by atoms with Crippen molar-refractivity contribution in [2.24, 2.45) is 0 Å². The zero-order chi connectivity index (χ0) is 23.9. The van der Waals surface area contributed by atoms with Crippen LogP contribution in [0.3, 0.4) is 0 Å². The number of aryl methyl sites for hydroxylation is 2. The van der Waals surface area contributed by atoms with Crippen LogP contribution in [0.5, 0.6) is 5.75 Å². The minimum atomic E-state index is -4.05. The Labute approximate surface area is 191 Å². The predicted molar refractivity (Wildman–Crippen MR) is 125 cm³/mol. The lowest BCUT2D eigenvalue weighted by atomic mass is 10.1. The van der Waals surface area contributed by atoms with Gasteiger partial charge in [-0.2, -0.15) is 0 Å². The van der Waals surface area contributed by atoms with E-state index in [2.05, 4.69) is 0 Å². The van der Waals surface area contributed by atoms with Crippen LogP contribution >= 0.6 is 0 Å². The van der Waals surface area contributed by atoms with Gasteiger partial charge in [-0.1, -0.05) is 29.3 Å². The molecule has 0 aliphatic carbocycles. The van der Waals surface area contributed by atoms with Crippen LogP contribution in [0.15, 0.2) is 59.5 Å². The Morgan fingerprint density at radius 1 is 0.909 bits per heavy atom. The number of rotatable bonds is 5. The van der Waals surface area contributed by atoms with Gasteiger partial charge in [0.05, 0.1) is 33.5 Å². The molecule has 0 aliphatic heterocycles. The summed E-state index contributed by atoms with van der Waals surface area (Å²) in [5, 5.41) is 1.01. The van der Waals surface area contributed by atoms with Gasteiger partial charge < -0.3 is 9.47 Å².